The van der Waals surface area contributed by atoms with Crippen molar-refractivity contribution in [1.29, 1.82) is 0 Å². The highest BCUT2D eigenvalue weighted by molar-refractivity contribution is 6.19. The van der Waals surface area contributed by atoms with Crippen molar-refractivity contribution in [2.45, 2.75) is 6.92 Å². The van der Waals surface area contributed by atoms with Gasteiger partial charge in [-0.3, -0.25) is 4.79 Å². The van der Waals surface area contributed by atoms with E-state index in [0.29, 0.717) is 11.4 Å². The van der Waals surface area contributed by atoms with E-state index in [1.165, 1.54) is 4.90 Å². The van der Waals surface area contributed by atoms with Crippen molar-refractivity contribution in [3.8, 4) is 0 Å². The molecule has 0 aliphatic carbocycles. The summed E-state index contributed by atoms with van der Waals surface area (Å²) in [6.45, 7) is 1.76. The molecule has 1 aromatic rings. The summed E-state index contributed by atoms with van der Waals surface area (Å²) in [6.07, 6.45) is 0. The first kappa shape index (κ1) is 12.1. The number of carbonyl (C=O) groups excluding carboxylic acids is 2. The van der Waals surface area contributed by atoms with Crippen LogP contribution in [-0.2, 0) is 4.79 Å². The molecule has 6 nitrogen and oxygen atoms in total. The van der Waals surface area contributed by atoms with Crippen molar-refractivity contribution in [1.82, 2.24) is 4.90 Å². The standard InChI is InChI=1S/C12H13N3O3/c1-8(13-18)9-3-5-10(6-4-9)15-11(16)7-14(2)12(15)17/h3-6,18H,7H2,1-2H3. The van der Waals surface area contributed by atoms with Crippen molar-refractivity contribution in [3.05, 3.63) is 29.8 Å². The van der Waals surface area contributed by atoms with Crippen LogP contribution in [0.2, 0.25) is 0 Å². The Hall–Kier alpha value is -2.37. The Bertz CT molecular complexity index is 522. The summed E-state index contributed by atoms with van der Waals surface area (Å²) < 4.78 is 0. The summed E-state index contributed by atoms with van der Waals surface area (Å²) in [4.78, 5) is 25.9. The third-order valence-corrected chi connectivity index (χ3v) is 2.83. The molecule has 6 heteroatoms. The molecule has 1 heterocycles. The molecule has 1 aliphatic heterocycles. The molecule has 0 spiro atoms. The van der Waals surface area contributed by atoms with Crippen LogP contribution in [0.25, 0.3) is 0 Å². The Morgan fingerprint density at radius 3 is 2.33 bits per heavy atom. The Balaban J connectivity index is 2.30. The zero-order valence-electron chi connectivity index (χ0n) is 10.1. The summed E-state index contributed by atoms with van der Waals surface area (Å²) in [5.41, 5.74) is 1.72. The highest BCUT2D eigenvalue weighted by Crippen LogP contribution is 2.21. The Morgan fingerprint density at radius 1 is 1.28 bits per heavy atom. The minimum atomic E-state index is -0.333. The maximum Gasteiger partial charge on any atom is 0.331 e. The van der Waals surface area contributed by atoms with Gasteiger partial charge in [0.25, 0.3) is 5.91 Å². The van der Waals surface area contributed by atoms with Gasteiger partial charge in [0.05, 0.1) is 11.4 Å². The number of nitrogens with zero attached hydrogens (tertiary/aromatic N) is 3. The Morgan fingerprint density at radius 2 is 1.89 bits per heavy atom. The van der Waals surface area contributed by atoms with E-state index in [2.05, 4.69) is 5.16 Å². The lowest BCUT2D eigenvalue weighted by Crippen LogP contribution is -2.31. The van der Waals surface area contributed by atoms with E-state index in [1.54, 1.807) is 38.2 Å². The van der Waals surface area contributed by atoms with E-state index in [4.69, 9.17) is 5.21 Å². The normalized spacial score (nSPS) is 16.7. The van der Waals surface area contributed by atoms with Gasteiger partial charge in [-0.25, -0.2) is 9.69 Å². The molecule has 0 bridgehead atoms. The zero-order valence-corrected chi connectivity index (χ0v) is 10.1. The molecule has 0 saturated carbocycles. The average Bonchev–Trinajstić information content (AvgIpc) is 2.63. The third-order valence-electron chi connectivity index (χ3n) is 2.83. The predicted octanol–water partition coefficient (Wildman–Crippen LogP) is 1.28. The Labute approximate surface area is 104 Å². The van der Waals surface area contributed by atoms with Crippen LogP contribution in [0.5, 0.6) is 0 Å². The first-order valence-electron chi connectivity index (χ1n) is 5.41. The smallest absolute Gasteiger partial charge is 0.331 e. The number of benzene rings is 1. The molecule has 3 amide bonds. The van der Waals surface area contributed by atoms with Crippen LogP contribution < -0.4 is 4.90 Å². The number of amides is 3. The molecule has 0 radical (unpaired) electrons. The summed E-state index contributed by atoms with van der Waals surface area (Å²) in [6, 6.07) is 6.37. The second kappa shape index (κ2) is 4.48. The quantitative estimate of drug-likeness (QED) is 0.370. The van der Waals surface area contributed by atoms with Gasteiger partial charge in [-0.1, -0.05) is 17.3 Å². The molecule has 1 aromatic carbocycles. The fourth-order valence-electron chi connectivity index (χ4n) is 1.78. The number of anilines is 1. The summed E-state index contributed by atoms with van der Waals surface area (Å²) in [7, 11) is 1.58. The van der Waals surface area contributed by atoms with Crippen molar-refractivity contribution < 1.29 is 14.8 Å². The van der Waals surface area contributed by atoms with Crippen LogP contribution in [-0.4, -0.2) is 41.3 Å². The molecule has 0 aromatic heterocycles. The molecule has 1 N–H and O–H groups in total. The summed E-state index contributed by atoms with van der Waals surface area (Å²) in [5.74, 6) is -0.247. The number of oxime groups is 1. The molecular formula is C12H13N3O3. The van der Waals surface area contributed by atoms with E-state index in [0.717, 1.165) is 10.5 Å². The van der Waals surface area contributed by atoms with Crippen LogP contribution in [0.1, 0.15) is 12.5 Å². The first-order valence-corrected chi connectivity index (χ1v) is 5.41. The van der Waals surface area contributed by atoms with Crippen molar-refractivity contribution >= 4 is 23.3 Å². The van der Waals surface area contributed by atoms with Gasteiger partial charge < -0.3 is 10.1 Å². The van der Waals surface area contributed by atoms with Crippen LogP contribution >= 0.6 is 0 Å². The SMILES string of the molecule is CC(=NO)c1ccc(N2C(=O)CN(C)C2=O)cc1. The summed E-state index contributed by atoms with van der Waals surface area (Å²) in [5, 5.41) is 11.7. The lowest BCUT2D eigenvalue weighted by molar-refractivity contribution is -0.116. The van der Waals surface area contributed by atoms with Gasteiger partial charge in [0.15, 0.2) is 0 Å². The van der Waals surface area contributed by atoms with Crippen LogP contribution in [0, 0.1) is 0 Å². The number of likely N-dealkylation sites (N-methyl/N-ethyl adjacent to an activating group) is 1. The Kier molecular flexibility index (Phi) is 3.01. The van der Waals surface area contributed by atoms with Gasteiger partial charge in [0.2, 0.25) is 0 Å². The van der Waals surface area contributed by atoms with Gasteiger partial charge in [0, 0.05) is 7.05 Å². The van der Waals surface area contributed by atoms with Gasteiger partial charge in [-0.05, 0) is 24.6 Å². The fourth-order valence-corrected chi connectivity index (χ4v) is 1.78. The molecule has 18 heavy (non-hydrogen) atoms. The lowest BCUT2D eigenvalue weighted by Gasteiger charge is -2.14. The fraction of sp³-hybridized carbons (Fsp3) is 0.250. The molecule has 2 rings (SSSR count). The molecular weight excluding hydrogens is 234 g/mol. The minimum Gasteiger partial charge on any atom is -0.411 e. The molecule has 0 unspecified atom stereocenters. The number of hydrogen-bond acceptors (Lipinski definition) is 4. The molecule has 1 aliphatic rings. The van der Waals surface area contributed by atoms with E-state index < -0.39 is 0 Å². The highest BCUT2D eigenvalue weighted by atomic mass is 16.4. The lowest BCUT2D eigenvalue weighted by atomic mass is 10.1. The van der Waals surface area contributed by atoms with Crippen LogP contribution in [0.3, 0.4) is 0 Å². The van der Waals surface area contributed by atoms with Gasteiger partial charge >= 0.3 is 6.03 Å². The highest BCUT2D eigenvalue weighted by Gasteiger charge is 2.34. The van der Waals surface area contributed by atoms with Crippen molar-refractivity contribution in [2.75, 3.05) is 18.5 Å². The largest absolute Gasteiger partial charge is 0.411 e. The number of rotatable bonds is 2. The molecule has 1 fully saturated rings. The van der Waals surface area contributed by atoms with Crippen molar-refractivity contribution in [2.24, 2.45) is 5.16 Å². The van der Waals surface area contributed by atoms with Crippen LogP contribution in [0.15, 0.2) is 29.4 Å². The van der Waals surface area contributed by atoms with Gasteiger partial charge in [-0.15, -0.1) is 0 Å². The van der Waals surface area contributed by atoms with Crippen molar-refractivity contribution in [3.63, 3.8) is 0 Å². The van der Waals surface area contributed by atoms with Gasteiger partial charge in [0.1, 0.15) is 6.54 Å². The topological polar surface area (TPSA) is 73.2 Å². The molecule has 1 saturated heterocycles. The first-order chi connectivity index (χ1) is 8.54. The number of imide groups is 1. The maximum atomic E-state index is 11.8. The molecule has 94 valence electrons. The van der Waals surface area contributed by atoms with Crippen LogP contribution in [0.4, 0.5) is 10.5 Å². The number of hydrogen-bond donors (Lipinski definition) is 1. The van der Waals surface area contributed by atoms with Gasteiger partial charge in [-0.2, -0.15) is 0 Å². The number of carbonyl (C=O) groups is 2. The number of urea groups is 1. The second-order valence-corrected chi connectivity index (χ2v) is 4.10. The van der Waals surface area contributed by atoms with E-state index in [-0.39, 0.29) is 18.5 Å². The van der Waals surface area contributed by atoms with E-state index in [1.807, 2.05) is 0 Å². The van der Waals surface area contributed by atoms with E-state index in [9.17, 15) is 9.59 Å². The third kappa shape index (κ3) is 1.92. The summed E-state index contributed by atoms with van der Waals surface area (Å²) >= 11 is 0. The maximum absolute atomic E-state index is 11.8. The second-order valence-electron chi connectivity index (χ2n) is 4.10. The monoisotopic (exact) mass is 247 g/mol. The molecule has 0 atom stereocenters. The predicted molar refractivity (Wildman–Crippen MR) is 66.0 cm³/mol. The van der Waals surface area contributed by atoms with E-state index >= 15 is 0 Å². The minimum absolute atomic E-state index is 0.0950. The average molecular weight is 247 g/mol. The zero-order chi connectivity index (χ0) is 13.3.